The summed E-state index contributed by atoms with van der Waals surface area (Å²) in [6, 6.07) is 4.69. The van der Waals surface area contributed by atoms with Crippen LogP contribution < -0.4 is 0 Å². The van der Waals surface area contributed by atoms with Gasteiger partial charge in [0.15, 0.2) is 0 Å². The number of amidine groups is 1. The standard InChI is InChI=1S/C15H21FN2O/c1-2-3-8-19-9-4-7-18-11-12-5-6-13(16)10-14(12)15(18)17/h5-6,10,17H,2-4,7-9,11H2,1H3. The van der Waals surface area contributed by atoms with Crippen LogP contribution in [0, 0.1) is 11.2 Å². The fourth-order valence-corrected chi connectivity index (χ4v) is 2.26. The van der Waals surface area contributed by atoms with Crippen LogP contribution in [-0.2, 0) is 11.3 Å². The molecular formula is C15H21FN2O. The van der Waals surface area contributed by atoms with Crippen LogP contribution in [0.4, 0.5) is 4.39 Å². The molecule has 0 bridgehead atoms. The van der Waals surface area contributed by atoms with Gasteiger partial charge in [-0.2, -0.15) is 0 Å². The van der Waals surface area contributed by atoms with E-state index in [0.717, 1.165) is 50.1 Å². The fourth-order valence-electron chi connectivity index (χ4n) is 2.26. The summed E-state index contributed by atoms with van der Waals surface area (Å²) in [5.41, 5.74) is 1.77. The summed E-state index contributed by atoms with van der Waals surface area (Å²) < 4.78 is 18.7. The number of nitrogens with zero attached hydrogens (tertiary/aromatic N) is 1. The molecule has 104 valence electrons. The Kier molecular flexibility index (Phi) is 4.91. The van der Waals surface area contributed by atoms with Crippen LogP contribution in [0.25, 0.3) is 0 Å². The molecule has 0 atom stereocenters. The maximum Gasteiger partial charge on any atom is 0.128 e. The van der Waals surface area contributed by atoms with Gasteiger partial charge in [-0.15, -0.1) is 0 Å². The van der Waals surface area contributed by atoms with Crippen LogP contribution in [0.5, 0.6) is 0 Å². The van der Waals surface area contributed by atoms with E-state index in [1.807, 2.05) is 4.90 Å². The van der Waals surface area contributed by atoms with E-state index in [-0.39, 0.29) is 5.82 Å². The van der Waals surface area contributed by atoms with Crippen LogP contribution in [0.3, 0.4) is 0 Å². The number of benzene rings is 1. The molecule has 0 saturated heterocycles. The van der Waals surface area contributed by atoms with Crippen molar-refractivity contribution in [2.24, 2.45) is 0 Å². The van der Waals surface area contributed by atoms with Gasteiger partial charge in [0.1, 0.15) is 11.7 Å². The molecule has 4 heteroatoms. The lowest BCUT2D eigenvalue weighted by atomic mass is 10.1. The third-order valence-corrected chi connectivity index (χ3v) is 3.36. The zero-order chi connectivity index (χ0) is 13.7. The molecule has 1 N–H and O–H groups in total. The van der Waals surface area contributed by atoms with E-state index in [1.54, 1.807) is 6.07 Å². The molecule has 0 saturated carbocycles. The number of unbranched alkanes of at least 4 members (excludes halogenated alkanes) is 1. The summed E-state index contributed by atoms with van der Waals surface area (Å²) in [5.74, 6) is 0.163. The number of ether oxygens (including phenoxy) is 1. The van der Waals surface area contributed by atoms with Gasteiger partial charge in [-0.25, -0.2) is 4.39 Å². The topological polar surface area (TPSA) is 36.3 Å². The van der Waals surface area contributed by atoms with E-state index in [9.17, 15) is 4.39 Å². The molecule has 0 fully saturated rings. The predicted octanol–water partition coefficient (Wildman–Crippen LogP) is 3.17. The van der Waals surface area contributed by atoms with Crippen molar-refractivity contribution in [2.75, 3.05) is 19.8 Å². The molecular weight excluding hydrogens is 243 g/mol. The number of hydrogen-bond donors (Lipinski definition) is 1. The Labute approximate surface area is 113 Å². The van der Waals surface area contributed by atoms with Crippen LogP contribution in [0.15, 0.2) is 18.2 Å². The Morgan fingerprint density at radius 1 is 1.32 bits per heavy atom. The second-order valence-corrected chi connectivity index (χ2v) is 4.89. The predicted molar refractivity (Wildman–Crippen MR) is 74.0 cm³/mol. The van der Waals surface area contributed by atoms with Gasteiger partial charge in [-0.05, 0) is 30.5 Å². The highest BCUT2D eigenvalue weighted by Crippen LogP contribution is 2.23. The number of hydrogen-bond acceptors (Lipinski definition) is 2. The Hall–Kier alpha value is -1.42. The molecule has 19 heavy (non-hydrogen) atoms. The lowest BCUT2D eigenvalue weighted by molar-refractivity contribution is 0.124. The number of halogens is 1. The van der Waals surface area contributed by atoms with Gasteiger partial charge in [0.25, 0.3) is 0 Å². The SMILES string of the molecule is CCCCOCCCN1Cc2ccc(F)cc2C1=N. The molecule has 0 aliphatic carbocycles. The van der Waals surface area contributed by atoms with Crippen molar-refractivity contribution in [3.05, 3.63) is 35.1 Å². The van der Waals surface area contributed by atoms with Crippen LogP contribution in [0.2, 0.25) is 0 Å². The molecule has 0 spiro atoms. The highest BCUT2D eigenvalue weighted by molar-refractivity contribution is 6.00. The van der Waals surface area contributed by atoms with Crippen molar-refractivity contribution < 1.29 is 9.13 Å². The largest absolute Gasteiger partial charge is 0.381 e. The van der Waals surface area contributed by atoms with Crippen LogP contribution in [-0.4, -0.2) is 30.5 Å². The summed E-state index contributed by atoms with van der Waals surface area (Å²) in [4.78, 5) is 1.98. The highest BCUT2D eigenvalue weighted by atomic mass is 19.1. The molecule has 0 amide bonds. The average molecular weight is 264 g/mol. The molecule has 1 heterocycles. The fraction of sp³-hybridized carbons (Fsp3) is 0.533. The third kappa shape index (κ3) is 3.53. The maximum atomic E-state index is 13.2. The third-order valence-electron chi connectivity index (χ3n) is 3.36. The molecule has 0 aromatic heterocycles. The van der Waals surface area contributed by atoms with E-state index < -0.39 is 0 Å². The lowest BCUT2D eigenvalue weighted by Crippen LogP contribution is -2.25. The summed E-state index contributed by atoms with van der Waals surface area (Å²) in [7, 11) is 0. The van der Waals surface area contributed by atoms with Crippen molar-refractivity contribution in [3.63, 3.8) is 0 Å². The maximum absolute atomic E-state index is 13.2. The Morgan fingerprint density at radius 3 is 2.89 bits per heavy atom. The first-order chi connectivity index (χ1) is 9.22. The summed E-state index contributed by atoms with van der Waals surface area (Å²) in [6.07, 6.45) is 3.16. The number of fused-ring (bicyclic) bond motifs is 1. The monoisotopic (exact) mass is 264 g/mol. The van der Waals surface area contributed by atoms with E-state index in [2.05, 4.69) is 6.92 Å². The zero-order valence-corrected chi connectivity index (χ0v) is 11.4. The normalized spacial score (nSPS) is 14.0. The summed E-state index contributed by atoms with van der Waals surface area (Å²) in [5, 5.41) is 8.05. The Morgan fingerprint density at radius 2 is 2.11 bits per heavy atom. The van der Waals surface area contributed by atoms with E-state index in [4.69, 9.17) is 10.1 Å². The average Bonchev–Trinajstić information content (AvgIpc) is 2.71. The van der Waals surface area contributed by atoms with Crippen molar-refractivity contribution in [1.29, 1.82) is 5.41 Å². The second-order valence-electron chi connectivity index (χ2n) is 4.89. The van der Waals surface area contributed by atoms with Crippen molar-refractivity contribution in [3.8, 4) is 0 Å². The molecule has 1 aromatic carbocycles. The minimum absolute atomic E-state index is 0.270. The van der Waals surface area contributed by atoms with E-state index >= 15 is 0 Å². The molecule has 1 aliphatic heterocycles. The van der Waals surface area contributed by atoms with E-state index in [0.29, 0.717) is 12.4 Å². The van der Waals surface area contributed by atoms with Gasteiger partial charge in [0, 0.05) is 31.9 Å². The first-order valence-corrected chi connectivity index (χ1v) is 6.92. The summed E-state index contributed by atoms with van der Waals surface area (Å²) >= 11 is 0. The number of rotatable bonds is 7. The molecule has 0 radical (unpaired) electrons. The second kappa shape index (κ2) is 6.66. The van der Waals surface area contributed by atoms with Gasteiger partial charge >= 0.3 is 0 Å². The minimum atomic E-state index is -0.270. The smallest absolute Gasteiger partial charge is 0.128 e. The number of nitrogens with one attached hydrogen (secondary N) is 1. The van der Waals surface area contributed by atoms with Gasteiger partial charge in [-0.1, -0.05) is 19.4 Å². The van der Waals surface area contributed by atoms with Crippen LogP contribution in [0.1, 0.15) is 37.3 Å². The molecule has 0 unspecified atom stereocenters. The lowest BCUT2D eigenvalue weighted by Gasteiger charge is -2.17. The minimum Gasteiger partial charge on any atom is -0.381 e. The first kappa shape index (κ1) is 14.0. The van der Waals surface area contributed by atoms with Crippen molar-refractivity contribution in [1.82, 2.24) is 4.90 Å². The van der Waals surface area contributed by atoms with Crippen molar-refractivity contribution >= 4 is 5.84 Å². The Balaban J connectivity index is 1.77. The molecule has 2 rings (SSSR count). The molecule has 3 nitrogen and oxygen atoms in total. The molecule has 1 aliphatic rings. The Bertz CT molecular complexity index is 448. The van der Waals surface area contributed by atoms with Crippen LogP contribution >= 0.6 is 0 Å². The highest BCUT2D eigenvalue weighted by Gasteiger charge is 2.23. The zero-order valence-electron chi connectivity index (χ0n) is 11.4. The van der Waals surface area contributed by atoms with Gasteiger partial charge < -0.3 is 9.64 Å². The quantitative estimate of drug-likeness (QED) is 0.768. The van der Waals surface area contributed by atoms with E-state index in [1.165, 1.54) is 12.1 Å². The molecule has 1 aromatic rings. The first-order valence-electron chi connectivity index (χ1n) is 6.92. The van der Waals surface area contributed by atoms with Gasteiger partial charge in [-0.3, -0.25) is 5.41 Å². The van der Waals surface area contributed by atoms with Gasteiger partial charge in [0.2, 0.25) is 0 Å². The van der Waals surface area contributed by atoms with Crippen molar-refractivity contribution in [2.45, 2.75) is 32.7 Å². The van der Waals surface area contributed by atoms with Gasteiger partial charge in [0.05, 0.1) is 0 Å². The summed E-state index contributed by atoms with van der Waals surface area (Å²) in [6.45, 7) is 5.20.